The Morgan fingerprint density at radius 1 is 1.41 bits per heavy atom. The molecule has 3 nitrogen and oxygen atoms in total. The normalized spacial score (nSPS) is 10.4. The number of nitrogens with zero attached hydrogens (tertiary/aromatic N) is 1. The second-order valence-electron chi connectivity index (χ2n) is 3.71. The van der Waals surface area contributed by atoms with Crippen LogP contribution in [0.4, 0.5) is 0 Å². The molecule has 0 aromatic carbocycles. The number of hydrogen-bond donors (Lipinski definition) is 1. The lowest BCUT2D eigenvalue weighted by Gasteiger charge is -2.02. The molecule has 4 heteroatoms. The molecule has 0 radical (unpaired) electrons. The Kier molecular flexibility index (Phi) is 3.97. The second-order valence-corrected chi connectivity index (χ2v) is 4.79. The van der Waals surface area contributed by atoms with Gasteiger partial charge in [-0.1, -0.05) is 6.92 Å². The van der Waals surface area contributed by atoms with Crippen LogP contribution in [0, 0.1) is 11.3 Å². The molecule has 2 aromatic heterocycles. The highest BCUT2D eigenvalue weighted by Gasteiger charge is 2.10. The molecule has 0 saturated carbocycles. The summed E-state index contributed by atoms with van der Waals surface area (Å²) >= 11 is 1.50. The van der Waals surface area contributed by atoms with E-state index in [0.29, 0.717) is 0 Å². The molecule has 17 heavy (non-hydrogen) atoms. The topological polar surface area (TPSA) is 49.0 Å². The summed E-state index contributed by atoms with van der Waals surface area (Å²) in [5.74, 6) is 0.935. The van der Waals surface area contributed by atoms with Gasteiger partial charge >= 0.3 is 0 Å². The molecule has 0 fully saturated rings. The van der Waals surface area contributed by atoms with Gasteiger partial charge in [-0.3, -0.25) is 0 Å². The minimum atomic E-state index is 0.730. The molecule has 0 aliphatic heterocycles. The van der Waals surface area contributed by atoms with Crippen molar-refractivity contribution in [2.45, 2.75) is 19.9 Å². The Bertz CT molecular complexity index is 522. The smallest absolute Gasteiger partial charge is 0.126 e. The van der Waals surface area contributed by atoms with E-state index in [1.165, 1.54) is 11.3 Å². The Morgan fingerprint density at radius 3 is 3.00 bits per heavy atom. The predicted molar refractivity (Wildman–Crippen MR) is 68.7 cm³/mol. The minimum Gasteiger partial charge on any atom is -0.467 e. The average molecular weight is 246 g/mol. The van der Waals surface area contributed by atoms with Gasteiger partial charge in [0.2, 0.25) is 0 Å². The molecular formula is C13H14N2OS. The summed E-state index contributed by atoms with van der Waals surface area (Å²) < 4.78 is 5.47. The largest absolute Gasteiger partial charge is 0.467 e. The molecule has 0 atom stereocenters. The van der Waals surface area contributed by atoms with Gasteiger partial charge in [0.15, 0.2) is 0 Å². The number of thiophene rings is 1. The lowest BCUT2D eigenvalue weighted by atomic mass is 10.2. The van der Waals surface area contributed by atoms with Crippen LogP contribution >= 0.6 is 11.3 Å². The first-order valence-electron chi connectivity index (χ1n) is 5.62. The highest BCUT2D eigenvalue weighted by atomic mass is 32.1. The van der Waals surface area contributed by atoms with E-state index in [2.05, 4.69) is 18.3 Å². The van der Waals surface area contributed by atoms with Crippen LogP contribution < -0.4 is 5.32 Å². The third-order valence-corrected chi connectivity index (χ3v) is 3.46. The minimum absolute atomic E-state index is 0.730. The van der Waals surface area contributed by atoms with Gasteiger partial charge in [-0.15, -0.1) is 11.3 Å². The van der Waals surface area contributed by atoms with E-state index in [-0.39, 0.29) is 0 Å². The summed E-state index contributed by atoms with van der Waals surface area (Å²) in [6.07, 6.45) is 2.80. The molecule has 88 valence electrons. The standard InChI is InChI=1S/C13H14N2OS/c1-2-6-15-9-12-11(5-7-16-12)13-4-3-10(8-14)17-13/h3-5,7,15H,2,6,9H2,1H3. The predicted octanol–water partition coefficient (Wildman–Crippen LogP) is 3.38. The van der Waals surface area contributed by atoms with Crippen molar-refractivity contribution in [3.63, 3.8) is 0 Å². The maximum absolute atomic E-state index is 8.82. The van der Waals surface area contributed by atoms with Crippen molar-refractivity contribution in [3.8, 4) is 16.5 Å². The maximum atomic E-state index is 8.82. The SMILES string of the molecule is CCCNCc1occc1-c1ccc(C#N)s1. The molecular weight excluding hydrogens is 232 g/mol. The van der Waals surface area contributed by atoms with E-state index in [1.807, 2.05) is 18.2 Å². The quantitative estimate of drug-likeness (QED) is 0.823. The van der Waals surface area contributed by atoms with E-state index in [9.17, 15) is 0 Å². The van der Waals surface area contributed by atoms with Crippen molar-refractivity contribution in [1.82, 2.24) is 5.32 Å². The molecule has 0 saturated heterocycles. The Balaban J connectivity index is 2.15. The summed E-state index contributed by atoms with van der Waals surface area (Å²) in [6.45, 7) is 3.85. The monoisotopic (exact) mass is 246 g/mol. The van der Waals surface area contributed by atoms with Gasteiger partial charge < -0.3 is 9.73 Å². The van der Waals surface area contributed by atoms with E-state index in [0.717, 1.165) is 40.6 Å². The van der Waals surface area contributed by atoms with Crippen molar-refractivity contribution in [1.29, 1.82) is 5.26 Å². The lowest BCUT2D eigenvalue weighted by molar-refractivity contribution is 0.484. The zero-order valence-corrected chi connectivity index (χ0v) is 10.5. The first kappa shape index (κ1) is 11.9. The summed E-state index contributed by atoms with van der Waals surface area (Å²) in [4.78, 5) is 1.82. The van der Waals surface area contributed by atoms with E-state index in [4.69, 9.17) is 9.68 Å². The highest BCUT2D eigenvalue weighted by Crippen LogP contribution is 2.31. The Labute approximate surface area is 105 Å². The molecule has 0 spiro atoms. The number of furan rings is 1. The van der Waals surface area contributed by atoms with Gasteiger partial charge in [0, 0.05) is 10.4 Å². The van der Waals surface area contributed by atoms with Crippen molar-refractivity contribution in [3.05, 3.63) is 35.1 Å². The third-order valence-electron chi connectivity index (χ3n) is 2.44. The molecule has 2 rings (SSSR count). The van der Waals surface area contributed by atoms with Crippen LogP contribution in [0.15, 0.2) is 28.9 Å². The van der Waals surface area contributed by atoms with Crippen molar-refractivity contribution in [2.24, 2.45) is 0 Å². The van der Waals surface area contributed by atoms with Gasteiger partial charge in [0.1, 0.15) is 16.7 Å². The fourth-order valence-electron chi connectivity index (χ4n) is 1.62. The number of nitriles is 1. The van der Waals surface area contributed by atoms with Gasteiger partial charge in [-0.25, -0.2) is 0 Å². The fourth-order valence-corrected chi connectivity index (χ4v) is 2.47. The van der Waals surface area contributed by atoms with Gasteiger partial charge in [0.05, 0.1) is 12.8 Å². The number of rotatable bonds is 5. The summed E-state index contributed by atoms with van der Waals surface area (Å²) in [5.41, 5.74) is 1.08. The Morgan fingerprint density at radius 2 is 2.29 bits per heavy atom. The zero-order chi connectivity index (χ0) is 12.1. The summed E-state index contributed by atoms with van der Waals surface area (Å²) in [5, 5.41) is 12.1. The molecule has 2 aromatic rings. The molecule has 0 aliphatic rings. The van der Waals surface area contributed by atoms with Crippen LogP contribution in [0.2, 0.25) is 0 Å². The average Bonchev–Trinajstić information content (AvgIpc) is 2.96. The molecule has 0 amide bonds. The van der Waals surface area contributed by atoms with Crippen LogP contribution in [0.1, 0.15) is 24.0 Å². The maximum Gasteiger partial charge on any atom is 0.126 e. The van der Waals surface area contributed by atoms with Crippen LogP contribution in [0.25, 0.3) is 10.4 Å². The van der Waals surface area contributed by atoms with Crippen LogP contribution in [0.5, 0.6) is 0 Å². The summed E-state index contributed by atoms with van der Waals surface area (Å²) in [6, 6.07) is 7.92. The number of hydrogen-bond acceptors (Lipinski definition) is 4. The molecule has 0 bridgehead atoms. The van der Waals surface area contributed by atoms with Crippen molar-refractivity contribution >= 4 is 11.3 Å². The van der Waals surface area contributed by atoms with Gasteiger partial charge in [-0.2, -0.15) is 5.26 Å². The summed E-state index contributed by atoms with van der Waals surface area (Å²) in [7, 11) is 0. The molecule has 0 unspecified atom stereocenters. The Hall–Kier alpha value is -1.57. The van der Waals surface area contributed by atoms with E-state index in [1.54, 1.807) is 6.26 Å². The van der Waals surface area contributed by atoms with Gasteiger partial charge in [0.25, 0.3) is 0 Å². The molecule has 1 N–H and O–H groups in total. The molecule has 0 aliphatic carbocycles. The number of nitrogens with one attached hydrogen (secondary N) is 1. The highest BCUT2D eigenvalue weighted by molar-refractivity contribution is 7.16. The third kappa shape index (κ3) is 2.76. The van der Waals surface area contributed by atoms with Crippen molar-refractivity contribution < 1.29 is 4.42 Å². The lowest BCUT2D eigenvalue weighted by Crippen LogP contribution is -2.13. The van der Waals surface area contributed by atoms with Crippen LogP contribution in [-0.4, -0.2) is 6.54 Å². The van der Waals surface area contributed by atoms with Crippen LogP contribution in [-0.2, 0) is 6.54 Å². The fraction of sp³-hybridized carbons (Fsp3) is 0.308. The first-order valence-corrected chi connectivity index (χ1v) is 6.44. The van der Waals surface area contributed by atoms with E-state index >= 15 is 0 Å². The first-order chi connectivity index (χ1) is 8.35. The molecule has 2 heterocycles. The zero-order valence-electron chi connectivity index (χ0n) is 9.69. The van der Waals surface area contributed by atoms with E-state index < -0.39 is 0 Å². The second kappa shape index (κ2) is 5.67. The van der Waals surface area contributed by atoms with Crippen LogP contribution in [0.3, 0.4) is 0 Å². The van der Waals surface area contributed by atoms with Gasteiger partial charge in [-0.05, 0) is 31.2 Å². The van der Waals surface area contributed by atoms with Crippen molar-refractivity contribution in [2.75, 3.05) is 6.54 Å².